The van der Waals surface area contributed by atoms with Crippen molar-refractivity contribution in [1.29, 1.82) is 0 Å². The molecule has 10 heteroatoms. The minimum absolute atomic E-state index is 0.152. The lowest BCUT2D eigenvalue weighted by atomic mass is 10.0. The van der Waals surface area contributed by atoms with E-state index in [2.05, 4.69) is 5.32 Å². The number of benzene rings is 3. The van der Waals surface area contributed by atoms with E-state index in [9.17, 15) is 26.3 Å². The van der Waals surface area contributed by atoms with E-state index in [1.165, 1.54) is 60.7 Å². The van der Waals surface area contributed by atoms with Crippen LogP contribution in [0.3, 0.4) is 0 Å². The van der Waals surface area contributed by atoms with Gasteiger partial charge in [0.05, 0.1) is 13.2 Å². The summed E-state index contributed by atoms with van der Waals surface area (Å²) in [6, 6.07) is 21.8. The molecule has 1 fully saturated rings. The third kappa shape index (κ3) is 6.07. The van der Waals surface area contributed by atoms with E-state index < -0.39 is 43.1 Å². The number of rotatable bonds is 7. The molecule has 192 valence electrons. The molecule has 3 aromatic carbocycles. The fourth-order valence-electron chi connectivity index (χ4n) is 4.03. The van der Waals surface area contributed by atoms with Crippen molar-refractivity contribution in [2.45, 2.75) is 36.5 Å². The molecule has 1 aliphatic heterocycles. The highest BCUT2D eigenvalue weighted by Gasteiger charge is 2.51. The van der Waals surface area contributed by atoms with Crippen LogP contribution in [0.1, 0.15) is 28.9 Å². The number of ether oxygens (including phenoxy) is 3. The summed E-state index contributed by atoms with van der Waals surface area (Å²) in [5.74, 6) is 0. The molecular weight excluding hydrogens is 488 g/mol. The van der Waals surface area contributed by atoms with Gasteiger partial charge in [0.25, 0.3) is 0 Å². The van der Waals surface area contributed by atoms with Crippen LogP contribution in [-0.4, -0.2) is 31.8 Å². The smallest absolute Gasteiger partial charge is 0.372 e. The summed E-state index contributed by atoms with van der Waals surface area (Å²) in [6.45, 7) is -0.725. The molecule has 0 saturated carbocycles. The molecule has 4 nitrogen and oxygen atoms in total. The van der Waals surface area contributed by atoms with Gasteiger partial charge in [0.2, 0.25) is 0 Å². The fourth-order valence-corrected chi connectivity index (χ4v) is 4.03. The summed E-state index contributed by atoms with van der Waals surface area (Å²) in [7, 11) is 0. The third-order valence-corrected chi connectivity index (χ3v) is 5.63. The number of morpholine rings is 1. The molecule has 0 aromatic heterocycles. The van der Waals surface area contributed by atoms with Crippen LogP contribution in [0.5, 0.6) is 0 Å². The minimum Gasteiger partial charge on any atom is -0.372 e. The second-order valence-electron chi connectivity index (χ2n) is 8.26. The van der Waals surface area contributed by atoms with Gasteiger partial charge in [-0.15, -0.1) is 0 Å². The van der Waals surface area contributed by atoms with Crippen LogP contribution in [0.15, 0.2) is 91.0 Å². The number of hydrogen-bond donors (Lipinski definition) is 1. The van der Waals surface area contributed by atoms with Crippen molar-refractivity contribution >= 4 is 0 Å². The largest absolute Gasteiger partial charge is 0.418 e. The number of hydrogen-bond acceptors (Lipinski definition) is 4. The molecule has 3 aromatic rings. The lowest BCUT2D eigenvalue weighted by Crippen LogP contribution is -2.60. The van der Waals surface area contributed by atoms with E-state index in [4.69, 9.17) is 14.2 Å². The first-order valence-corrected chi connectivity index (χ1v) is 11.1. The maximum atomic E-state index is 14.2. The topological polar surface area (TPSA) is 39.7 Å². The molecule has 3 unspecified atom stereocenters. The van der Waals surface area contributed by atoms with Gasteiger partial charge >= 0.3 is 12.4 Å². The van der Waals surface area contributed by atoms with Crippen LogP contribution < -0.4 is 5.32 Å². The third-order valence-electron chi connectivity index (χ3n) is 5.63. The van der Waals surface area contributed by atoms with Gasteiger partial charge in [0.1, 0.15) is 6.23 Å². The van der Waals surface area contributed by atoms with Crippen molar-refractivity contribution in [2.24, 2.45) is 0 Å². The Morgan fingerprint density at radius 1 is 0.722 bits per heavy atom. The van der Waals surface area contributed by atoms with Crippen molar-refractivity contribution in [2.75, 3.05) is 13.2 Å². The molecule has 1 aliphatic rings. The van der Waals surface area contributed by atoms with E-state index in [0.717, 1.165) is 0 Å². The Balaban J connectivity index is 1.69. The first-order valence-electron chi connectivity index (χ1n) is 11.1. The molecule has 36 heavy (non-hydrogen) atoms. The monoisotopic (exact) mass is 511 g/mol. The first kappa shape index (κ1) is 26.2. The molecule has 0 amide bonds. The Morgan fingerprint density at radius 3 is 1.69 bits per heavy atom. The van der Waals surface area contributed by atoms with Crippen molar-refractivity contribution in [1.82, 2.24) is 5.32 Å². The van der Waals surface area contributed by atoms with Gasteiger partial charge in [-0.1, -0.05) is 91.0 Å². The van der Waals surface area contributed by atoms with Crippen molar-refractivity contribution in [3.63, 3.8) is 0 Å². The van der Waals surface area contributed by atoms with Crippen molar-refractivity contribution in [3.8, 4) is 0 Å². The maximum Gasteiger partial charge on any atom is 0.418 e. The summed E-state index contributed by atoms with van der Waals surface area (Å²) < 4.78 is 101. The van der Waals surface area contributed by atoms with Crippen LogP contribution in [0.2, 0.25) is 0 Å². The van der Waals surface area contributed by atoms with Gasteiger partial charge in [-0.25, -0.2) is 0 Å². The lowest BCUT2D eigenvalue weighted by Gasteiger charge is -2.44. The Morgan fingerprint density at radius 2 is 1.19 bits per heavy atom. The standard InChI is InChI=1S/C26H23F6NO3/c27-25(28,29)22(18-10-4-1-5-11-18)35-21-16-34-17-24(33-21,20-14-8-3-9-15-20)36-23(26(30,31)32)19-12-6-2-7-13-19/h1-15,21-23,33H,16-17H2/t21?,22?,23?,24-/m0/s1. The van der Waals surface area contributed by atoms with Crippen LogP contribution in [-0.2, 0) is 19.9 Å². The van der Waals surface area contributed by atoms with Crippen LogP contribution in [0.25, 0.3) is 0 Å². The van der Waals surface area contributed by atoms with Gasteiger partial charge in [-0.3, -0.25) is 5.32 Å². The lowest BCUT2D eigenvalue weighted by molar-refractivity contribution is -0.309. The second kappa shape index (κ2) is 10.6. The highest BCUT2D eigenvalue weighted by molar-refractivity contribution is 5.25. The average molecular weight is 511 g/mol. The second-order valence-corrected chi connectivity index (χ2v) is 8.26. The zero-order valence-corrected chi connectivity index (χ0v) is 18.8. The van der Waals surface area contributed by atoms with Crippen LogP contribution in [0, 0.1) is 0 Å². The Bertz CT molecular complexity index is 1100. The van der Waals surface area contributed by atoms with Gasteiger partial charge in [-0.2, -0.15) is 26.3 Å². The summed E-state index contributed by atoms with van der Waals surface area (Å²) in [5.41, 5.74) is -2.03. The molecule has 0 radical (unpaired) electrons. The normalized spacial score (nSPS) is 22.7. The van der Waals surface area contributed by atoms with E-state index in [1.807, 2.05) is 0 Å². The molecule has 0 aliphatic carbocycles. The summed E-state index contributed by atoms with van der Waals surface area (Å²) in [4.78, 5) is 0. The average Bonchev–Trinajstić information content (AvgIpc) is 2.86. The molecule has 1 heterocycles. The predicted molar refractivity (Wildman–Crippen MR) is 119 cm³/mol. The summed E-state index contributed by atoms with van der Waals surface area (Å²) in [5, 5.41) is 2.76. The summed E-state index contributed by atoms with van der Waals surface area (Å²) in [6.07, 6.45) is -15.8. The zero-order valence-electron chi connectivity index (χ0n) is 18.8. The number of halogens is 6. The number of alkyl halides is 6. The molecule has 4 rings (SSSR count). The van der Waals surface area contributed by atoms with Gasteiger partial charge in [0, 0.05) is 5.56 Å². The van der Waals surface area contributed by atoms with Gasteiger partial charge < -0.3 is 14.2 Å². The van der Waals surface area contributed by atoms with E-state index in [0.29, 0.717) is 0 Å². The predicted octanol–water partition coefficient (Wildman–Crippen LogP) is 6.43. The van der Waals surface area contributed by atoms with Crippen molar-refractivity contribution in [3.05, 3.63) is 108 Å². The van der Waals surface area contributed by atoms with Gasteiger partial charge in [0.15, 0.2) is 17.9 Å². The SMILES string of the molecule is FC(F)(F)C(OC1COC[C@](OC(c2ccccc2)C(F)(F)F)(c2ccccc2)N1)c1ccccc1. The number of nitrogens with one attached hydrogen (secondary N) is 1. The Labute approximate surface area is 203 Å². The van der Waals surface area contributed by atoms with E-state index in [1.54, 1.807) is 30.3 Å². The fraction of sp³-hybridized carbons (Fsp3) is 0.308. The highest BCUT2D eigenvalue weighted by Crippen LogP contribution is 2.43. The molecule has 4 atom stereocenters. The van der Waals surface area contributed by atoms with E-state index in [-0.39, 0.29) is 23.3 Å². The molecule has 0 bridgehead atoms. The Hall–Kier alpha value is -2.92. The Kier molecular flexibility index (Phi) is 7.70. The molecule has 1 saturated heterocycles. The van der Waals surface area contributed by atoms with Crippen molar-refractivity contribution < 1.29 is 40.6 Å². The van der Waals surface area contributed by atoms with Crippen LogP contribution in [0.4, 0.5) is 26.3 Å². The maximum absolute atomic E-state index is 14.2. The molecular formula is C26H23F6NO3. The highest BCUT2D eigenvalue weighted by atomic mass is 19.4. The van der Waals surface area contributed by atoms with E-state index >= 15 is 0 Å². The summed E-state index contributed by atoms with van der Waals surface area (Å²) >= 11 is 0. The van der Waals surface area contributed by atoms with Crippen LogP contribution >= 0.6 is 0 Å². The first-order chi connectivity index (χ1) is 17.1. The quantitative estimate of drug-likeness (QED) is 0.372. The zero-order chi connectivity index (χ0) is 25.8. The molecule has 1 N–H and O–H groups in total. The molecule has 0 spiro atoms. The van der Waals surface area contributed by atoms with Gasteiger partial charge in [-0.05, 0) is 11.1 Å². The minimum atomic E-state index is -4.82.